The fourth-order valence-electron chi connectivity index (χ4n) is 2.99. The van der Waals surface area contributed by atoms with Gasteiger partial charge in [0.05, 0.1) is 29.3 Å². The summed E-state index contributed by atoms with van der Waals surface area (Å²) in [5.74, 6) is -1.97. The zero-order valence-electron chi connectivity index (χ0n) is 14.8. The topological polar surface area (TPSA) is 103 Å². The van der Waals surface area contributed by atoms with Crippen LogP contribution in [-0.2, 0) is 6.42 Å². The van der Waals surface area contributed by atoms with Crippen LogP contribution in [0, 0.1) is 0 Å². The van der Waals surface area contributed by atoms with E-state index in [1.165, 1.54) is 6.33 Å². The molecule has 0 saturated carbocycles. The lowest BCUT2D eigenvalue weighted by Crippen LogP contribution is -2.03. The molecule has 0 aliphatic rings. The van der Waals surface area contributed by atoms with Gasteiger partial charge in [-0.2, -0.15) is 0 Å². The van der Waals surface area contributed by atoms with Crippen LogP contribution in [0.4, 0.5) is 0 Å². The van der Waals surface area contributed by atoms with Crippen LogP contribution in [0.1, 0.15) is 44.0 Å². The Morgan fingerprint density at radius 1 is 0.929 bits per heavy atom. The van der Waals surface area contributed by atoms with Gasteiger partial charge in [-0.3, -0.25) is 0 Å². The standard InChI is InChI=1S/C21H18N2O4.ClH/c24-20(25)15-8-2-1-6-14(15)7-5-11-17(19-12-22-13-23-19)16-9-3-4-10-18(16)21(26)27;/h1-4,6,8-13H,5,7H2,(H,22,23)(H,24,25)(H,26,27);1H. The molecular formula is C21H19ClN2O4. The molecule has 0 saturated heterocycles. The van der Waals surface area contributed by atoms with E-state index in [-0.39, 0.29) is 23.5 Å². The predicted octanol–water partition coefficient (Wildman–Crippen LogP) is 4.29. The third-order valence-corrected chi connectivity index (χ3v) is 4.25. The lowest BCUT2D eigenvalue weighted by molar-refractivity contribution is 0.0685. The average Bonchev–Trinajstić information content (AvgIpc) is 3.20. The van der Waals surface area contributed by atoms with Crippen LogP contribution in [0.5, 0.6) is 0 Å². The highest BCUT2D eigenvalue weighted by Crippen LogP contribution is 2.26. The molecule has 0 aliphatic heterocycles. The number of carboxylic acids is 2. The summed E-state index contributed by atoms with van der Waals surface area (Å²) < 4.78 is 0. The van der Waals surface area contributed by atoms with Crippen molar-refractivity contribution in [3.05, 3.63) is 95.1 Å². The number of halogens is 1. The van der Waals surface area contributed by atoms with Crippen molar-refractivity contribution in [1.29, 1.82) is 0 Å². The Bertz CT molecular complexity index is 997. The second-order valence-corrected chi connectivity index (χ2v) is 5.93. The van der Waals surface area contributed by atoms with E-state index in [1.807, 2.05) is 6.08 Å². The van der Waals surface area contributed by atoms with Gasteiger partial charge >= 0.3 is 11.9 Å². The fourth-order valence-corrected chi connectivity index (χ4v) is 2.99. The molecule has 7 heteroatoms. The third-order valence-electron chi connectivity index (χ3n) is 4.25. The molecule has 1 heterocycles. The van der Waals surface area contributed by atoms with Crippen molar-refractivity contribution in [2.75, 3.05) is 0 Å². The number of hydrogen-bond acceptors (Lipinski definition) is 3. The van der Waals surface area contributed by atoms with Gasteiger partial charge < -0.3 is 15.2 Å². The smallest absolute Gasteiger partial charge is 0.336 e. The molecule has 0 unspecified atom stereocenters. The van der Waals surface area contributed by atoms with Crippen LogP contribution in [-0.4, -0.2) is 32.1 Å². The Morgan fingerprint density at radius 3 is 2.14 bits per heavy atom. The highest BCUT2D eigenvalue weighted by molar-refractivity contribution is 5.96. The van der Waals surface area contributed by atoms with Gasteiger partial charge in [-0.1, -0.05) is 42.5 Å². The lowest BCUT2D eigenvalue weighted by Gasteiger charge is -2.10. The minimum absolute atomic E-state index is 0. The second-order valence-electron chi connectivity index (χ2n) is 5.93. The molecule has 1 aromatic heterocycles. The number of imidazole rings is 1. The molecule has 144 valence electrons. The number of aryl methyl sites for hydroxylation is 1. The first-order chi connectivity index (χ1) is 13.1. The second kappa shape index (κ2) is 9.53. The molecule has 3 N–H and O–H groups in total. The zero-order chi connectivity index (χ0) is 19.2. The quantitative estimate of drug-likeness (QED) is 0.550. The number of carbonyl (C=O) groups is 2. The molecule has 0 aliphatic carbocycles. The molecule has 0 spiro atoms. The van der Waals surface area contributed by atoms with E-state index in [2.05, 4.69) is 9.97 Å². The highest BCUT2D eigenvalue weighted by atomic mass is 35.5. The Hall–Kier alpha value is -3.38. The first-order valence-corrected chi connectivity index (χ1v) is 8.40. The zero-order valence-corrected chi connectivity index (χ0v) is 15.6. The average molecular weight is 399 g/mol. The summed E-state index contributed by atoms with van der Waals surface area (Å²) >= 11 is 0. The van der Waals surface area contributed by atoms with E-state index >= 15 is 0 Å². The molecule has 2 aromatic carbocycles. The Kier molecular flexibility index (Phi) is 7.12. The van der Waals surface area contributed by atoms with Crippen LogP contribution in [0.25, 0.3) is 5.57 Å². The maximum Gasteiger partial charge on any atom is 0.336 e. The molecule has 28 heavy (non-hydrogen) atoms. The SMILES string of the molecule is Cl.O=C(O)c1ccccc1CCC=C(c1cnc[nH]1)c1ccccc1C(=O)O. The molecule has 6 nitrogen and oxygen atoms in total. The number of aromatic amines is 1. The van der Waals surface area contributed by atoms with Gasteiger partial charge in [0.15, 0.2) is 0 Å². The number of carboxylic acid groups (broad SMARTS) is 2. The molecule has 0 amide bonds. The van der Waals surface area contributed by atoms with E-state index in [0.717, 1.165) is 11.1 Å². The van der Waals surface area contributed by atoms with Crippen molar-refractivity contribution in [3.8, 4) is 0 Å². The van der Waals surface area contributed by atoms with E-state index < -0.39 is 11.9 Å². The van der Waals surface area contributed by atoms with Crippen molar-refractivity contribution in [2.45, 2.75) is 12.8 Å². The summed E-state index contributed by atoms with van der Waals surface area (Å²) in [5.41, 5.74) is 3.22. The van der Waals surface area contributed by atoms with Gasteiger partial charge in [0.1, 0.15) is 0 Å². The van der Waals surface area contributed by atoms with Gasteiger partial charge in [0.25, 0.3) is 0 Å². The Balaban J connectivity index is 0.00000280. The molecule has 3 aromatic rings. The Labute approximate surface area is 168 Å². The monoisotopic (exact) mass is 398 g/mol. The number of H-pyrrole nitrogens is 1. The van der Waals surface area contributed by atoms with Crippen molar-refractivity contribution < 1.29 is 19.8 Å². The van der Waals surface area contributed by atoms with E-state index in [9.17, 15) is 19.8 Å². The predicted molar refractivity (Wildman–Crippen MR) is 108 cm³/mol. The first-order valence-electron chi connectivity index (χ1n) is 8.40. The van der Waals surface area contributed by atoms with Crippen molar-refractivity contribution >= 4 is 29.9 Å². The van der Waals surface area contributed by atoms with E-state index in [0.29, 0.717) is 24.1 Å². The lowest BCUT2D eigenvalue weighted by atomic mass is 9.95. The number of aromatic carboxylic acids is 2. The number of nitrogens with zero attached hydrogens (tertiary/aromatic N) is 1. The molecule has 3 rings (SSSR count). The van der Waals surface area contributed by atoms with Crippen LogP contribution in [0.15, 0.2) is 67.1 Å². The summed E-state index contributed by atoms with van der Waals surface area (Å²) in [7, 11) is 0. The van der Waals surface area contributed by atoms with Crippen LogP contribution < -0.4 is 0 Å². The minimum Gasteiger partial charge on any atom is -0.478 e. The van der Waals surface area contributed by atoms with Crippen LogP contribution in [0.3, 0.4) is 0 Å². The normalized spacial score (nSPS) is 10.9. The molecular weight excluding hydrogens is 380 g/mol. The highest BCUT2D eigenvalue weighted by Gasteiger charge is 2.15. The summed E-state index contributed by atoms with van der Waals surface area (Å²) in [6, 6.07) is 13.6. The number of aromatic nitrogens is 2. The molecule has 0 fully saturated rings. The van der Waals surface area contributed by atoms with Crippen LogP contribution in [0.2, 0.25) is 0 Å². The van der Waals surface area contributed by atoms with Crippen LogP contribution >= 0.6 is 12.4 Å². The van der Waals surface area contributed by atoms with Gasteiger partial charge in [0.2, 0.25) is 0 Å². The number of hydrogen-bond donors (Lipinski definition) is 3. The van der Waals surface area contributed by atoms with Gasteiger partial charge in [0, 0.05) is 5.57 Å². The summed E-state index contributed by atoms with van der Waals surface area (Å²) in [5, 5.41) is 18.8. The van der Waals surface area contributed by atoms with Crippen molar-refractivity contribution in [2.24, 2.45) is 0 Å². The number of allylic oxidation sites excluding steroid dienone is 1. The number of rotatable bonds is 7. The molecule has 0 atom stereocenters. The number of benzene rings is 2. The van der Waals surface area contributed by atoms with Crippen molar-refractivity contribution in [1.82, 2.24) is 9.97 Å². The molecule has 0 radical (unpaired) electrons. The van der Waals surface area contributed by atoms with E-state index in [1.54, 1.807) is 54.7 Å². The number of nitrogens with one attached hydrogen (secondary N) is 1. The van der Waals surface area contributed by atoms with Gasteiger partial charge in [-0.15, -0.1) is 12.4 Å². The minimum atomic E-state index is -1.01. The largest absolute Gasteiger partial charge is 0.478 e. The molecule has 0 bridgehead atoms. The summed E-state index contributed by atoms with van der Waals surface area (Å²) in [4.78, 5) is 30.0. The summed E-state index contributed by atoms with van der Waals surface area (Å²) in [6.07, 6.45) is 6.15. The maximum atomic E-state index is 11.6. The maximum absolute atomic E-state index is 11.6. The third kappa shape index (κ3) is 4.66. The van der Waals surface area contributed by atoms with Gasteiger partial charge in [-0.25, -0.2) is 14.6 Å². The Morgan fingerprint density at radius 2 is 1.54 bits per heavy atom. The fraction of sp³-hybridized carbons (Fsp3) is 0.0952. The van der Waals surface area contributed by atoms with Gasteiger partial charge in [-0.05, 0) is 36.1 Å². The van der Waals surface area contributed by atoms with Crippen molar-refractivity contribution in [3.63, 3.8) is 0 Å². The van der Waals surface area contributed by atoms with E-state index in [4.69, 9.17) is 0 Å². The first kappa shape index (κ1) is 20.9. The summed E-state index contributed by atoms with van der Waals surface area (Å²) in [6.45, 7) is 0.